The molecule has 0 radical (unpaired) electrons. The molecule has 0 aromatic carbocycles. The molecule has 1 saturated carbocycles. The van der Waals surface area contributed by atoms with Gasteiger partial charge in [-0.1, -0.05) is 45.4 Å². The van der Waals surface area contributed by atoms with Crippen LogP contribution >= 0.6 is 0 Å². The van der Waals surface area contributed by atoms with Gasteiger partial charge >= 0.3 is 11.9 Å². The fourth-order valence-corrected chi connectivity index (χ4v) is 3.10. The fraction of sp³-hybridized carbons (Fsp3) is 0.857. The van der Waals surface area contributed by atoms with Crippen molar-refractivity contribution in [3.05, 3.63) is 0 Å². The molecule has 18 heavy (non-hydrogen) atoms. The zero-order chi connectivity index (χ0) is 13.5. The lowest BCUT2D eigenvalue weighted by Crippen LogP contribution is -2.37. The molecule has 0 heterocycles. The Labute approximate surface area is 109 Å². The van der Waals surface area contributed by atoms with Crippen LogP contribution in [0.2, 0.25) is 0 Å². The smallest absolute Gasteiger partial charge is 0.320 e. The van der Waals surface area contributed by atoms with Gasteiger partial charge in [-0.2, -0.15) is 0 Å². The summed E-state index contributed by atoms with van der Waals surface area (Å²) in [5, 5.41) is 0. The normalized spacial score (nSPS) is 18.4. The maximum Gasteiger partial charge on any atom is 0.320 e. The molecule has 104 valence electrons. The Morgan fingerprint density at radius 3 is 1.94 bits per heavy atom. The first kappa shape index (κ1) is 15.0. The second-order valence-electron chi connectivity index (χ2n) is 4.99. The van der Waals surface area contributed by atoms with Gasteiger partial charge in [-0.05, 0) is 11.8 Å². The summed E-state index contributed by atoms with van der Waals surface area (Å²) in [7, 11) is 2.65. The number of carbonyl (C=O) groups excluding carboxylic acids is 2. The third kappa shape index (κ3) is 3.47. The Hall–Kier alpha value is -1.06. The average molecular weight is 256 g/mol. The van der Waals surface area contributed by atoms with E-state index in [0.29, 0.717) is 5.92 Å². The van der Waals surface area contributed by atoms with E-state index in [0.717, 1.165) is 19.3 Å². The number of carbonyl (C=O) groups is 2. The summed E-state index contributed by atoms with van der Waals surface area (Å²) in [4.78, 5) is 23.7. The average Bonchev–Trinajstić information content (AvgIpc) is 2.44. The Bertz CT molecular complexity index is 266. The molecular weight excluding hydrogens is 232 g/mol. The van der Waals surface area contributed by atoms with E-state index in [1.807, 2.05) is 6.92 Å². The molecular formula is C14H24O4. The second-order valence-corrected chi connectivity index (χ2v) is 4.99. The minimum absolute atomic E-state index is 0.0465. The van der Waals surface area contributed by atoms with E-state index < -0.39 is 17.9 Å². The fourth-order valence-electron chi connectivity index (χ4n) is 3.10. The van der Waals surface area contributed by atoms with Gasteiger partial charge in [-0.3, -0.25) is 9.59 Å². The van der Waals surface area contributed by atoms with Crippen molar-refractivity contribution in [3.63, 3.8) is 0 Å². The molecule has 0 spiro atoms. The first-order chi connectivity index (χ1) is 8.65. The highest BCUT2D eigenvalue weighted by molar-refractivity contribution is 5.95. The van der Waals surface area contributed by atoms with Gasteiger partial charge in [-0.25, -0.2) is 0 Å². The summed E-state index contributed by atoms with van der Waals surface area (Å²) in [5.41, 5.74) is 0. The largest absolute Gasteiger partial charge is 0.468 e. The molecule has 4 nitrogen and oxygen atoms in total. The maximum absolute atomic E-state index is 11.8. The third-order valence-electron chi connectivity index (χ3n) is 4.07. The second kappa shape index (κ2) is 7.39. The summed E-state index contributed by atoms with van der Waals surface area (Å²) in [6.07, 6.45) is 6.64. The molecule has 1 atom stereocenters. The summed E-state index contributed by atoms with van der Waals surface area (Å²) in [6.45, 7) is 2.03. The molecule has 0 N–H and O–H groups in total. The van der Waals surface area contributed by atoms with E-state index in [1.54, 1.807) is 0 Å². The predicted molar refractivity (Wildman–Crippen MR) is 67.9 cm³/mol. The van der Waals surface area contributed by atoms with Crippen LogP contribution in [0.4, 0.5) is 0 Å². The molecule has 1 fully saturated rings. The molecule has 0 bridgehead atoms. The summed E-state index contributed by atoms with van der Waals surface area (Å²) < 4.78 is 9.54. The number of ether oxygens (including phenoxy) is 2. The molecule has 1 aliphatic carbocycles. The molecule has 0 aromatic rings. The van der Waals surface area contributed by atoms with Gasteiger partial charge in [0, 0.05) is 0 Å². The molecule has 4 heteroatoms. The Balaban J connectivity index is 2.84. The van der Waals surface area contributed by atoms with E-state index in [1.165, 1.54) is 33.5 Å². The van der Waals surface area contributed by atoms with Crippen molar-refractivity contribution in [2.45, 2.75) is 45.4 Å². The van der Waals surface area contributed by atoms with Gasteiger partial charge in [0.15, 0.2) is 5.92 Å². The van der Waals surface area contributed by atoms with Crippen molar-refractivity contribution in [1.82, 2.24) is 0 Å². The number of hydrogen-bond acceptors (Lipinski definition) is 4. The zero-order valence-electron chi connectivity index (χ0n) is 11.6. The topological polar surface area (TPSA) is 52.6 Å². The van der Waals surface area contributed by atoms with Gasteiger partial charge in [0.25, 0.3) is 0 Å². The van der Waals surface area contributed by atoms with Crippen molar-refractivity contribution in [1.29, 1.82) is 0 Å². The molecule has 0 aromatic heterocycles. The monoisotopic (exact) mass is 256 g/mol. The quantitative estimate of drug-likeness (QED) is 0.560. The summed E-state index contributed by atoms with van der Waals surface area (Å²) in [5.74, 6) is -1.19. The highest BCUT2D eigenvalue weighted by atomic mass is 16.5. The van der Waals surface area contributed by atoms with Crippen molar-refractivity contribution in [3.8, 4) is 0 Å². The van der Waals surface area contributed by atoms with Gasteiger partial charge in [0.1, 0.15) is 0 Å². The van der Waals surface area contributed by atoms with E-state index >= 15 is 0 Å². The molecule has 0 aliphatic heterocycles. The Kier molecular flexibility index (Phi) is 6.16. The number of rotatable bonds is 5. The lowest BCUT2D eigenvalue weighted by Gasteiger charge is -2.32. The van der Waals surface area contributed by atoms with Crippen LogP contribution in [0.5, 0.6) is 0 Å². The van der Waals surface area contributed by atoms with Crippen LogP contribution in [-0.2, 0) is 19.1 Å². The van der Waals surface area contributed by atoms with Crippen LogP contribution in [0.1, 0.15) is 45.4 Å². The van der Waals surface area contributed by atoms with E-state index in [9.17, 15) is 9.59 Å². The highest BCUT2D eigenvalue weighted by Crippen LogP contribution is 2.36. The van der Waals surface area contributed by atoms with Crippen molar-refractivity contribution >= 4 is 11.9 Å². The maximum atomic E-state index is 11.8. The van der Waals surface area contributed by atoms with E-state index in [2.05, 4.69) is 0 Å². The third-order valence-corrected chi connectivity index (χ3v) is 4.07. The van der Waals surface area contributed by atoms with Crippen LogP contribution in [0.3, 0.4) is 0 Å². The minimum Gasteiger partial charge on any atom is -0.468 e. The minimum atomic E-state index is -0.756. The predicted octanol–water partition coefficient (Wildman–Crippen LogP) is 2.56. The zero-order valence-corrected chi connectivity index (χ0v) is 11.6. The van der Waals surface area contributed by atoms with Gasteiger partial charge in [0.2, 0.25) is 0 Å². The van der Waals surface area contributed by atoms with Gasteiger partial charge < -0.3 is 9.47 Å². The highest BCUT2D eigenvalue weighted by Gasteiger charge is 2.40. The molecule has 1 aliphatic rings. The van der Waals surface area contributed by atoms with Gasteiger partial charge in [-0.15, -0.1) is 0 Å². The number of hydrogen-bond donors (Lipinski definition) is 0. The van der Waals surface area contributed by atoms with Crippen LogP contribution < -0.4 is 0 Å². The standard InChI is InChI=1S/C14H24O4/c1-4-11(10-8-6-5-7-9-10)12(13(15)17-2)14(16)18-3/h10-12H,4-9H2,1-3H3. The molecule has 0 amide bonds. The molecule has 1 unspecified atom stereocenters. The van der Waals surface area contributed by atoms with Crippen LogP contribution in [-0.4, -0.2) is 26.2 Å². The van der Waals surface area contributed by atoms with E-state index in [4.69, 9.17) is 9.47 Å². The lowest BCUT2D eigenvalue weighted by atomic mass is 9.73. The SMILES string of the molecule is CCC(C1CCCCC1)C(C(=O)OC)C(=O)OC. The Morgan fingerprint density at radius 1 is 1.06 bits per heavy atom. The lowest BCUT2D eigenvalue weighted by molar-refractivity contribution is -0.163. The van der Waals surface area contributed by atoms with Crippen LogP contribution in [0.15, 0.2) is 0 Å². The first-order valence-electron chi connectivity index (χ1n) is 6.81. The first-order valence-corrected chi connectivity index (χ1v) is 6.81. The summed E-state index contributed by atoms with van der Waals surface area (Å²) in [6, 6.07) is 0. The van der Waals surface area contributed by atoms with E-state index in [-0.39, 0.29) is 5.92 Å². The van der Waals surface area contributed by atoms with Crippen LogP contribution in [0.25, 0.3) is 0 Å². The molecule has 0 saturated heterocycles. The van der Waals surface area contributed by atoms with Crippen molar-refractivity contribution in [2.24, 2.45) is 17.8 Å². The van der Waals surface area contributed by atoms with Crippen LogP contribution in [0, 0.1) is 17.8 Å². The molecule has 1 rings (SSSR count). The Morgan fingerprint density at radius 2 is 1.56 bits per heavy atom. The van der Waals surface area contributed by atoms with Crippen molar-refractivity contribution < 1.29 is 19.1 Å². The van der Waals surface area contributed by atoms with Gasteiger partial charge in [0.05, 0.1) is 14.2 Å². The van der Waals surface area contributed by atoms with Crippen molar-refractivity contribution in [2.75, 3.05) is 14.2 Å². The number of methoxy groups -OCH3 is 2. The number of esters is 2. The summed E-state index contributed by atoms with van der Waals surface area (Å²) >= 11 is 0.